The summed E-state index contributed by atoms with van der Waals surface area (Å²) < 4.78 is 5.59. The first-order valence-electron chi connectivity index (χ1n) is 12.4. The van der Waals surface area contributed by atoms with Crippen LogP contribution in [-0.2, 0) is 14.3 Å². The number of nitrogens with one attached hydrogen (secondary N) is 1. The summed E-state index contributed by atoms with van der Waals surface area (Å²) >= 11 is 0. The van der Waals surface area contributed by atoms with Crippen LogP contribution < -0.4 is 5.32 Å². The zero-order chi connectivity index (χ0) is 20.7. The van der Waals surface area contributed by atoms with Crippen molar-refractivity contribution in [3.63, 3.8) is 0 Å². The molecule has 8 aliphatic rings. The minimum atomic E-state index is -0.682. The Morgan fingerprint density at radius 3 is 1.97 bits per heavy atom. The van der Waals surface area contributed by atoms with E-state index < -0.39 is 11.0 Å². The maximum absolute atomic E-state index is 13.0. The van der Waals surface area contributed by atoms with Crippen LogP contribution >= 0.6 is 0 Å². The first kappa shape index (κ1) is 19.6. The van der Waals surface area contributed by atoms with Crippen molar-refractivity contribution in [2.45, 2.75) is 95.6 Å². The molecule has 8 fully saturated rings. The molecule has 8 aliphatic carbocycles. The van der Waals surface area contributed by atoms with Gasteiger partial charge in [0.05, 0.1) is 11.0 Å². The number of amides is 1. The molecule has 8 saturated carbocycles. The second-order valence-corrected chi connectivity index (χ2v) is 12.6. The summed E-state index contributed by atoms with van der Waals surface area (Å²) in [7, 11) is 0. The molecule has 8 rings (SSSR count). The van der Waals surface area contributed by atoms with Crippen LogP contribution in [0.4, 0.5) is 0 Å². The molecule has 0 unspecified atom stereocenters. The van der Waals surface area contributed by atoms with E-state index in [0.717, 1.165) is 49.9 Å². The van der Waals surface area contributed by atoms with Crippen LogP contribution in [0.25, 0.3) is 0 Å². The molecule has 2 N–H and O–H groups in total. The highest BCUT2D eigenvalue weighted by Crippen LogP contribution is 2.62. The lowest BCUT2D eigenvalue weighted by atomic mass is 9.48. The number of hydrogen-bond acceptors (Lipinski definition) is 4. The summed E-state index contributed by atoms with van der Waals surface area (Å²) in [6.45, 7) is 1.99. The van der Waals surface area contributed by atoms with Crippen LogP contribution in [0.3, 0.4) is 0 Å². The van der Waals surface area contributed by atoms with Gasteiger partial charge in [0.1, 0.15) is 0 Å². The van der Waals surface area contributed by atoms with E-state index in [1.807, 2.05) is 0 Å². The largest absolute Gasteiger partial charge is 0.455 e. The molecule has 0 spiro atoms. The van der Waals surface area contributed by atoms with E-state index in [4.69, 9.17) is 4.74 Å². The van der Waals surface area contributed by atoms with Crippen molar-refractivity contribution < 1.29 is 19.4 Å². The van der Waals surface area contributed by atoms with Gasteiger partial charge in [0.2, 0.25) is 0 Å². The van der Waals surface area contributed by atoms with Gasteiger partial charge in [-0.1, -0.05) is 0 Å². The fraction of sp³-hybridized carbons (Fsp3) is 0.920. The fourth-order valence-corrected chi connectivity index (χ4v) is 9.88. The fourth-order valence-electron chi connectivity index (χ4n) is 9.88. The Labute approximate surface area is 179 Å². The van der Waals surface area contributed by atoms with Crippen molar-refractivity contribution in [1.82, 2.24) is 5.32 Å². The molecule has 0 aliphatic heterocycles. The molecule has 5 heteroatoms. The van der Waals surface area contributed by atoms with Gasteiger partial charge in [0.15, 0.2) is 6.61 Å². The first-order valence-corrected chi connectivity index (χ1v) is 12.4. The third-order valence-corrected chi connectivity index (χ3v) is 10.2. The molecule has 166 valence electrons. The van der Waals surface area contributed by atoms with Crippen molar-refractivity contribution in [3.8, 4) is 0 Å². The molecule has 0 radical (unpaired) electrons. The Balaban J connectivity index is 1.06. The Kier molecular flexibility index (Phi) is 4.22. The molecule has 5 nitrogen and oxygen atoms in total. The molecule has 0 aromatic rings. The minimum Gasteiger partial charge on any atom is -0.455 e. The Bertz CT molecular complexity index is 711. The molecule has 0 saturated heterocycles. The van der Waals surface area contributed by atoms with Crippen LogP contribution in [0.1, 0.15) is 84.0 Å². The van der Waals surface area contributed by atoms with Crippen LogP contribution in [0.5, 0.6) is 0 Å². The van der Waals surface area contributed by atoms with E-state index in [1.165, 1.54) is 38.5 Å². The predicted molar refractivity (Wildman–Crippen MR) is 111 cm³/mol. The molecular weight excluding hydrogens is 378 g/mol. The topological polar surface area (TPSA) is 75.6 Å². The Morgan fingerprint density at radius 2 is 1.43 bits per heavy atom. The Morgan fingerprint density at radius 1 is 0.900 bits per heavy atom. The van der Waals surface area contributed by atoms with Gasteiger partial charge in [-0.05, 0) is 119 Å². The third-order valence-electron chi connectivity index (χ3n) is 10.2. The van der Waals surface area contributed by atoms with E-state index in [9.17, 15) is 14.7 Å². The molecule has 8 bridgehead atoms. The highest BCUT2D eigenvalue weighted by Gasteiger charge is 2.61. The molecular formula is C25H37NO4. The maximum Gasteiger partial charge on any atom is 0.312 e. The summed E-state index contributed by atoms with van der Waals surface area (Å²) in [5.74, 6) is 3.05. The average molecular weight is 416 g/mol. The highest BCUT2D eigenvalue weighted by molar-refractivity contribution is 5.83. The van der Waals surface area contributed by atoms with Crippen molar-refractivity contribution >= 4 is 11.9 Å². The number of carbonyl (C=O) groups is 2. The lowest BCUT2D eigenvalue weighted by Crippen LogP contribution is -2.59. The van der Waals surface area contributed by atoms with Crippen LogP contribution in [0.2, 0.25) is 0 Å². The van der Waals surface area contributed by atoms with E-state index in [0.29, 0.717) is 18.3 Å². The van der Waals surface area contributed by atoms with E-state index >= 15 is 0 Å². The SMILES string of the molecule is C[C@@H](NC(=O)COC(=O)C12C[C@H]3C[C@@H](CC(O)(C3)C1)C2)C12CC3CC(CC(C3)C1)C2. The van der Waals surface area contributed by atoms with E-state index in [2.05, 4.69) is 12.2 Å². The molecule has 3 atom stereocenters. The quantitative estimate of drug-likeness (QED) is 0.673. The predicted octanol–water partition coefficient (Wildman–Crippen LogP) is 3.58. The maximum atomic E-state index is 13.0. The summed E-state index contributed by atoms with van der Waals surface area (Å²) in [5.41, 5.74) is -0.972. The second-order valence-electron chi connectivity index (χ2n) is 12.6. The summed E-state index contributed by atoms with van der Waals surface area (Å²) in [6.07, 6.45) is 12.9. The number of rotatable bonds is 5. The van der Waals surface area contributed by atoms with Crippen molar-refractivity contribution in [1.29, 1.82) is 0 Å². The van der Waals surface area contributed by atoms with Gasteiger partial charge in [-0.2, -0.15) is 0 Å². The normalized spacial score (nSPS) is 51.1. The third kappa shape index (κ3) is 3.05. The monoisotopic (exact) mass is 415 g/mol. The number of esters is 1. The average Bonchev–Trinajstić information content (AvgIpc) is 2.63. The van der Waals surface area contributed by atoms with Crippen LogP contribution in [-0.4, -0.2) is 35.2 Å². The smallest absolute Gasteiger partial charge is 0.312 e. The summed E-state index contributed by atoms with van der Waals surface area (Å²) in [4.78, 5) is 25.7. The van der Waals surface area contributed by atoms with Crippen molar-refractivity contribution in [2.24, 2.45) is 40.4 Å². The number of hydrogen-bond donors (Lipinski definition) is 2. The minimum absolute atomic E-state index is 0.150. The molecule has 30 heavy (non-hydrogen) atoms. The highest BCUT2D eigenvalue weighted by atomic mass is 16.5. The van der Waals surface area contributed by atoms with E-state index in [1.54, 1.807) is 0 Å². The number of ether oxygens (including phenoxy) is 1. The van der Waals surface area contributed by atoms with Crippen molar-refractivity contribution in [2.75, 3.05) is 6.61 Å². The van der Waals surface area contributed by atoms with Gasteiger partial charge in [-0.3, -0.25) is 9.59 Å². The van der Waals surface area contributed by atoms with Gasteiger partial charge >= 0.3 is 5.97 Å². The lowest BCUT2D eigenvalue weighted by Gasteiger charge is -2.59. The molecule has 0 heterocycles. The van der Waals surface area contributed by atoms with Crippen LogP contribution in [0, 0.1) is 40.4 Å². The zero-order valence-electron chi connectivity index (χ0n) is 18.3. The van der Waals surface area contributed by atoms with Crippen LogP contribution in [0.15, 0.2) is 0 Å². The van der Waals surface area contributed by atoms with Gasteiger partial charge in [0.25, 0.3) is 5.91 Å². The zero-order valence-corrected chi connectivity index (χ0v) is 18.3. The van der Waals surface area contributed by atoms with E-state index in [-0.39, 0.29) is 29.9 Å². The van der Waals surface area contributed by atoms with Gasteiger partial charge in [-0.15, -0.1) is 0 Å². The number of aliphatic hydroxyl groups is 1. The van der Waals surface area contributed by atoms with Gasteiger partial charge in [-0.25, -0.2) is 0 Å². The standard InChI is InChI=1S/C25H37NO4/c1-15(23-6-16-2-17(7-23)4-18(3-16)8-23)26-21(27)13-30-22(28)24-9-19-5-20(10-24)12-25(29,11-19)14-24/h15-20,29H,2-14H2,1H3,(H,26,27)/t15-,16?,17?,18?,19-,20-,23?,24?,25?/m1/s1. The molecule has 0 aromatic heterocycles. The van der Waals surface area contributed by atoms with Gasteiger partial charge < -0.3 is 15.2 Å². The Hall–Kier alpha value is -1.10. The lowest BCUT2D eigenvalue weighted by molar-refractivity contribution is -0.196. The molecule has 1 amide bonds. The number of carbonyl (C=O) groups excluding carboxylic acids is 2. The summed E-state index contributed by atoms with van der Waals surface area (Å²) in [6, 6.07) is 0.150. The summed E-state index contributed by atoms with van der Waals surface area (Å²) in [5, 5.41) is 14.1. The second kappa shape index (κ2) is 6.46. The van der Waals surface area contributed by atoms with Crippen molar-refractivity contribution in [3.05, 3.63) is 0 Å². The molecule has 0 aromatic carbocycles. The first-order chi connectivity index (χ1) is 14.2. The van der Waals surface area contributed by atoms with Gasteiger partial charge in [0, 0.05) is 6.04 Å².